The second kappa shape index (κ2) is 9.50. The Hall–Kier alpha value is -1.43. The molecule has 1 atom stereocenters. The van der Waals surface area contributed by atoms with Crippen LogP contribution < -0.4 is 11.1 Å². The summed E-state index contributed by atoms with van der Waals surface area (Å²) in [6, 6.07) is 7.68. The minimum atomic E-state index is -0.614. The zero-order valence-corrected chi connectivity index (χ0v) is 13.3. The molecule has 0 aliphatic rings. The lowest BCUT2D eigenvalue weighted by Crippen LogP contribution is -2.43. The van der Waals surface area contributed by atoms with Gasteiger partial charge in [-0.2, -0.15) is 0 Å². The number of carbonyl (C=O) groups excluding carboxylic acids is 1. The Balaban J connectivity index is 2.46. The van der Waals surface area contributed by atoms with Crippen molar-refractivity contribution in [2.24, 2.45) is 5.73 Å². The molecule has 1 aromatic carbocycles. The first-order chi connectivity index (χ1) is 10.1. The van der Waals surface area contributed by atoms with Crippen LogP contribution in [0, 0.1) is 0 Å². The summed E-state index contributed by atoms with van der Waals surface area (Å²) in [6.45, 7) is 8.10. The normalized spacial score (nSPS) is 12.4. The van der Waals surface area contributed by atoms with Crippen molar-refractivity contribution in [3.05, 3.63) is 35.4 Å². The summed E-state index contributed by atoms with van der Waals surface area (Å²) in [6.07, 6.45) is 0. The molecule has 0 aliphatic carbocycles. The van der Waals surface area contributed by atoms with Gasteiger partial charge in [0.2, 0.25) is 5.91 Å². The molecule has 0 heterocycles. The zero-order valence-electron chi connectivity index (χ0n) is 13.3. The standard InChI is InChI=1S/C16H27N3O2/c1-4-19(5-2)11-14-8-6-13(7-9-14)10-18-16(20)15(17)12-21-3/h6-9,15H,4-5,10-12,17H2,1-3H3,(H,18,20). The number of hydrogen-bond donors (Lipinski definition) is 2. The molecular formula is C16H27N3O2. The number of rotatable bonds is 9. The van der Waals surface area contributed by atoms with Crippen LogP contribution in [0.15, 0.2) is 24.3 Å². The molecule has 0 fully saturated rings. The van der Waals surface area contributed by atoms with Gasteiger partial charge in [0, 0.05) is 20.2 Å². The van der Waals surface area contributed by atoms with Crippen LogP contribution in [0.1, 0.15) is 25.0 Å². The third-order valence-corrected chi connectivity index (χ3v) is 3.47. The van der Waals surface area contributed by atoms with Crippen LogP contribution in [0.4, 0.5) is 0 Å². The quantitative estimate of drug-likeness (QED) is 0.716. The van der Waals surface area contributed by atoms with E-state index in [1.165, 1.54) is 12.7 Å². The number of ether oxygens (including phenoxy) is 1. The highest BCUT2D eigenvalue weighted by atomic mass is 16.5. The fourth-order valence-corrected chi connectivity index (χ4v) is 2.04. The number of carbonyl (C=O) groups is 1. The summed E-state index contributed by atoms with van der Waals surface area (Å²) < 4.78 is 4.86. The average Bonchev–Trinajstić information content (AvgIpc) is 2.51. The SMILES string of the molecule is CCN(CC)Cc1ccc(CNC(=O)C(N)COC)cc1. The van der Waals surface area contributed by atoms with Crippen LogP contribution in [0.25, 0.3) is 0 Å². The van der Waals surface area contributed by atoms with Crippen molar-refractivity contribution in [1.29, 1.82) is 0 Å². The largest absolute Gasteiger partial charge is 0.383 e. The van der Waals surface area contributed by atoms with Crippen molar-refractivity contribution in [3.63, 3.8) is 0 Å². The van der Waals surface area contributed by atoms with E-state index in [4.69, 9.17) is 10.5 Å². The van der Waals surface area contributed by atoms with E-state index in [9.17, 15) is 4.79 Å². The van der Waals surface area contributed by atoms with Gasteiger partial charge in [-0.3, -0.25) is 9.69 Å². The topological polar surface area (TPSA) is 67.6 Å². The van der Waals surface area contributed by atoms with Gasteiger partial charge in [0.05, 0.1) is 6.61 Å². The van der Waals surface area contributed by atoms with Crippen molar-refractivity contribution in [2.45, 2.75) is 33.0 Å². The van der Waals surface area contributed by atoms with Crippen molar-refractivity contribution in [3.8, 4) is 0 Å². The molecule has 0 aromatic heterocycles. The van der Waals surface area contributed by atoms with Crippen molar-refractivity contribution in [1.82, 2.24) is 10.2 Å². The van der Waals surface area contributed by atoms with E-state index >= 15 is 0 Å². The van der Waals surface area contributed by atoms with Crippen LogP contribution in [-0.2, 0) is 22.6 Å². The first-order valence-corrected chi connectivity index (χ1v) is 7.43. The summed E-state index contributed by atoms with van der Waals surface area (Å²) in [4.78, 5) is 14.0. The second-order valence-corrected chi connectivity index (χ2v) is 5.06. The monoisotopic (exact) mass is 293 g/mol. The van der Waals surface area contributed by atoms with E-state index in [0.717, 1.165) is 25.2 Å². The lowest BCUT2D eigenvalue weighted by Gasteiger charge is -2.18. The Bertz CT molecular complexity index is 416. The summed E-state index contributed by atoms with van der Waals surface area (Å²) in [5.74, 6) is -0.191. The lowest BCUT2D eigenvalue weighted by atomic mass is 10.1. The van der Waals surface area contributed by atoms with E-state index < -0.39 is 6.04 Å². The summed E-state index contributed by atoms with van der Waals surface area (Å²) in [7, 11) is 1.53. The molecule has 5 heteroatoms. The molecular weight excluding hydrogens is 266 g/mol. The lowest BCUT2D eigenvalue weighted by molar-refractivity contribution is -0.123. The predicted octanol–water partition coefficient (Wildman–Crippen LogP) is 1.12. The molecule has 3 N–H and O–H groups in total. The van der Waals surface area contributed by atoms with Gasteiger partial charge in [-0.05, 0) is 24.2 Å². The second-order valence-electron chi connectivity index (χ2n) is 5.06. The van der Waals surface area contributed by atoms with Crippen molar-refractivity contribution in [2.75, 3.05) is 26.8 Å². The third kappa shape index (κ3) is 6.25. The summed E-state index contributed by atoms with van der Waals surface area (Å²) in [5.41, 5.74) is 8.01. The van der Waals surface area contributed by atoms with Gasteiger partial charge >= 0.3 is 0 Å². The molecule has 0 saturated carbocycles. The highest BCUT2D eigenvalue weighted by Gasteiger charge is 2.12. The molecule has 1 rings (SSSR count). The van der Waals surface area contributed by atoms with Crippen LogP contribution in [-0.4, -0.2) is 43.7 Å². The van der Waals surface area contributed by atoms with E-state index in [-0.39, 0.29) is 12.5 Å². The first-order valence-electron chi connectivity index (χ1n) is 7.43. The molecule has 1 amide bonds. The maximum Gasteiger partial charge on any atom is 0.239 e. The number of nitrogens with two attached hydrogens (primary N) is 1. The predicted molar refractivity (Wildman–Crippen MR) is 84.8 cm³/mol. The minimum Gasteiger partial charge on any atom is -0.383 e. The molecule has 0 spiro atoms. The maximum atomic E-state index is 11.7. The van der Waals surface area contributed by atoms with Gasteiger partial charge in [-0.15, -0.1) is 0 Å². The molecule has 21 heavy (non-hydrogen) atoms. The Labute approximate surface area is 127 Å². The minimum absolute atomic E-state index is 0.191. The smallest absolute Gasteiger partial charge is 0.239 e. The fourth-order valence-electron chi connectivity index (χ4n) is 2.04. The number of amides is 1. The molecule has 0 saturated heterocycles. The van der Waals surface area contributed by atoms with Gasteiger partial charge in [-0.25, -0.2) is 0 Å². The van der Waals surface area contributed by atoms with E-state index in [1.807, 2.05) is 12.1 Å². The Morgan fingerprint density at radius 3 is 2.33 bits per heavy atom. The summed E-state index contributed by atoms with van der Waals surface area (Å²) in [5, 5.41) is 2.81. The Morgan fingerprint density at radius 1 is 1.24 bits per heavy atom. The Kier molecular flexibility index (Phi) is 7.97. The molecule has 0 radical (unpaired) electrons. The third-order valence-electron chi connectivity index (χ3n) is 3.47. The highest BCUT2D eigenvalue weighted by molar-refractivity contribution is 5.81. The molecule has 0 bridgehead atoms. The average molecular weight is 293 g/mol. The molecule has 1 unspecified atom stereocenters. The number of benzene rings is 1. The van der Waals surface area contributed by atoms with Crippen LogP contribution in [0.2, 0.25) is 0 Å². The molecule has 5 nitrogen and oxygen atoms in total. The van der Waals surface area contributed by atoms with Crippen LogP contribution in [0.5, 0.6) is 0 Å². The number of nitrogens with zero attached hydrogens (tertiary/aromatic N) is 1. The zero-order chi connectivity index (χ0) is 15.7. The number of nitrogens with one attached hydrogen (secondary N) is 1. The van der Waals surface area contributed by atoms with Gasteiger partial charge < -0.3 is 15.8 Å². The van der Waals surface area contributed by atoms with E-state index in [0.29, 0.717) is 6.54 Å². The van der Waals surface area contributed by atoms with E-state index in [2.05, 4.69) is 36.2 Å². The number of hydrogen-bond acceptors (Lipinski definition) is 4. The van der Waals surface area contributed by atoms with Crippen molar-refractivity contribution < 1.29 is 9.53 Å². The molecule has 1 aromatic rings. The van der Waals surface area contributed by atoms with E-state index in [1.54, 1.807) is 0 Å². The Morgan fingerprint density at radius 2 is 1.81 bits per heavy atom. The van der Waals surface area contributed by atoms with Gasteiger partial charge in [0.25, 0.3) is 0 Å². The molecule has 118 valence electrons. The first kappa shape index (κ1) is 17.6. The molecule has 0 aliphatic heterocycles. The van der Waals surface area contributed by atoms with Crippen molar-refractivity contribution >= 4 is 5.91 Å². The van der Waals surface area contributed by atoms with Gasteiger partial charge in [0.15, 0.2) is 0 Å². The maximum absolute atomic E-state index is 11.7. The summed E-state index contributed by atoms with van der Waals surface area (Å²) >= 11 is 0. The van der Waals surface area contributed by atoms with Crippen LogP contribution in [0.3, 0.4) is 0 Å². The van der Waals surface area contributed by atoms with Crippen LogP contribution >= 0.6 is 0 Å². The number of methoxy groups -OCH3 is 1. The fraction of sp³-hybridized carbons (Fsp3) is 0.562. The highest BCUT2D eigenvalue weighted by Crippen LogP contribution is 2.07. The van der Waals surface area contributed by atoms with Gasteiger partial charge in [-0.1, -0.05) is 38.1 Å². The van der Waals surface area contributed by atoms with Gasteiger partial charge in [0.1, 0.15) is 6.04 Å².